The Morgan fingerprint density at radius 3 is 2.22 bits per heavy atom. The number of nitrogens with zero attached hydrogens (tertiary/aromatic N) is 1. The number of likely N-dealkylation sites (N-methyl/N-ethyl adjacent to an activating group) is 1. The molecule has 0 aliphatic carbocycles. The fourth-order valence-corrected chi connectivity index (χ4v) is 1.80. The summed E-state index contributed by atoms with van der Waals surface area (Å²) in [5, 5.41) is 5.76. The largest absolute Gasteiger partial charge is 0.353 e. The van der Waals surface area contributed by atoms with Crippen LogP contribution in [0, 0.1) is 0 Å². The third kappa shape index (κ3) is 7.27. The minimum absolute atomic E-state index is 0.0365. The molecule has 1 atom stereocenters. The Balaban J connectivity index is 3.77. The molecule has 0 heterocycles. The van der Waals surface area contributed by atoms with Gasteiger partial charge >= 0.3 is 0 Å². The van der Waals surface area contributed by atoms with Crippen LogP contribution in [0.1, 0.15) is 40.5 Å². The second-order valence-electron chi connectivity index (χ2n) is 4.43. The summed E-state index contributed by atoms with van der Waals surface area (Å²) in [6.45, 7) is 9.79. The van der Waals surface area contributed by atoms with Gasteiger partial charge in [-0.1, -0.05) is 13.3 Å². The molecular weight excluding hydrogens is 230 g/mol. The van der Waals surface area contributed by atoms with Crippen molar-refractivity contribution in [3.8, 4) is 0 Å². The van der Waals surface area contributed by atoms with Gasteiger partial charge in [0.1, 0.15) is 0 Å². The maximum Gasteiger partial charge on any atom is 0.236 e. The number of nitrogens with one attached hydrogen (secondary N) is 2. The highest BCUT2D eigenvalue weighted by Gasteiger charge is 2.10. The first kappa shape index (κ1) is 16.9. The maximum absolute atomic E-state index is 11.6. The van der Waals surface area contributed by atoms with E-state index in [0.717, 1.165) is 12.8 Å². The molecule has 0 saturated carbocycles. The van der Waals surface area contributed by atoms with Crippen LogP contribution in [0.3, 0.4) is 0 Å². The van der Waals surface area contributed by atoms with E-state index in [9.17, 15) is 9.59 Å². The van der Waals surface area contributed by atoms with Gasteiger partial charge in [-0.05, 0) is 27.2 Å². The van der Waals surface area contributed by atoms with Crippen LogP contribution < -0.4 is 10.6 Å². The molecule has 18 heavy (non-hydrogen) atoms. The minimum Gasteiger partial charge on any atom is -0.353 e. The van der Waals surface area contributed by atoms with E-state index in [2.05, 4.69) is 17.6 Å². The van der Waals surface area contributed by atoms with E-state index in [1.54, 1.807) is 4.90 Å². The standard InChI is InChI=1S/C13H27N3O2/c1-5-8-11(4)15-12(17)9-14-10-13(18)16(6-2)7-3/h11,14H,5-10H2,1-4H3,(H,15,17). The van der Waals surface area contributed by atoms with Gasteiger partial charge in [-0.2, -0.15) is 0 Å². The zero-order valence-electron chi connectivity index (χ0n) is 12.1. The molecule has 0 radical (unpaired) electrons. The Morgan fingerprint density at radius 1 is 1.11 bits per heavy atom. The number of carbonyl (C=O) groups excluding carboxylic acids is 2. The number of carbonyl (C=O) groups is 2. The first-order valence-electron chi connectivity index (χ1n) is 6.82. The van der Waals surface area contributed by atoms with Crippen molar-refractivity contribution in [1.82, 2.24) is 15.5 Å². The average Bonchev–Trinajstić information content (AvgIpc) is 2.30. The molecule has 0 fully saturated rings. The van der Waals surface area contributed by atoms with E-state index >= 15 is 0 Å². The zero-order valence-corrected chi connectivity index (χ0v) is 12.1. The van der Waals surface area contributed by atoms with Gasteiger partial charge in [-0.3, -0.25) is 14.9 Å². The lowest BCUT2D eigenvalue weighted by atomic mass is 10.2. The quantitative estimate of drug-likeness (QED) is 0.641. The summed E-state index contributed by atoms with van der Waals surface area (Å²) in [5.41, 5.74) is 0. The fraction of sp³-hybridized carbons (Fsp3) is 0.846. The minimum atomic E-state index is -0.0525. The molecule has 1 unspecified atom stereocenters. The van der Waals surface area contributed by atoms with Crippen molar-refractivity contribution in [3.05, 3.63) is 0 Å². The van der Waals surface area contributed by atoms with Crippen LogP contribution in [0.5, 0.6) is 0 Å². The predicted octanol–water partition coefficient (Wildman–Crippen LogP) is 0.749. The van der Waals surface area contributed by atoms with Gasteiger partial charge in [0.05, 0.1) is 13.1 Å². The molecular formula is C13H27N3O2. The van der Waals surface area contributed by atoms with Crippen molar-refractivity contribution in [2.24, 2.45) is 0 Å². The lowest BCUT2D eigenvalue weighted by Crippen LogP contribution is -2.43. The lowest BCUT2D eigenvalue weighted by molar-refractivity contribution is -0.129. The SMILES string of the molecule is CCCC(C)NC(=O)CNCC(=O)N(CC)CC. The molecule has 106 valence electrons. The van der Waals surface area contributed by atoms with Crippen LogP contribution in [-0.2, 0) is 9.59 Å². The molecule has 0 aromatic heterocycles. The van der Waals surface area contributed by atoms with Crippen LogP contribution >= 0.6 is 0 Å². The van der Waals surface area contributed by atoms with Crippen molar-refractivity contribution < 1.29 is 9.59 Å². The van der Waals surface area contributed by atoms with E-state index in [-0.39, 0.29) is 30.9 Å². The number of rotatable bonds is 9. The average molecular weight is 257 g/mol. The summed E-state index contributed by atoms with van der Waals surface area (Å²) in [7, 11) is 0. The molecule has 5 heteroatoms. The molecule has 5 nitrogen and oxygen atoms in total. The lowest BCUT2D eigenvalue weighted by Gasteiger charge is -2.19. The second-order valence-corrected chi connectivity index (χ2v) is 4.43. The van der Waals surface area contributed by atoms with E-state index < -0.39 is 0 Å². The highest BCUT2D eigenvalue weighted by atomic mass is 16.2. The molecule has 0 spiro atoms. The van der Waals surface area contributed by atoms with E-state index in [1.807, 2.05) is 20.8 Å². The Hall–Kier alpha value is -1.10. The Kier molecular flexibility index (Phi) is 9.28. The fourth-order valence-electron chi connectivity index (χ4n) is 1.80. The molecule has 2 N–H and O–H groups in total. The highest BCUT2D eigenvalue weighted by molar-refractivity contribution is 5.81. The van der Waals surface area contributed by atoms with Gasteiger partial charge in [0.2, 0.25) is 11.8 Å². The van der Waals surface area contributed by atoms with Crippen molar-refractivity contribution in [1.29, 1.82) is 0 Å². The Morgan fingerprint density at radius 2 is 1.72 bits per heavy atom. The molecule has 0 rings (SSSR count). The van der Waals surface area contributed by atoms with E-state index in [0.29, 0.717) is 13.1 Å². The first-order valence-corrected chi connectivity index (χ1v) is 6.82. The van der Waals surface area contributed by atoms with E-state index in [1.165, 1.54) is 0 Å². The molecule has 0 bridgehead atoms. The summed E-state index contributed by atoms with van der Waals surface area (Å²) >= 11 is 0. The summed E-state index contributed by atoms with van der Waals surface area (Å²) in [6.07, 6.45) is 2.03. The second kappa shape index (κ2) is 9.88. The molecule has 0 aliphatic heterocycles. The summed E-state index contributed by atoms with van der Waals surface area (Å²) in [5.74, 6) is -0.0160. The van der Waals surface area contributed by atoms with Gasteiger partial charge in [0.25, 0.3) is 0 Å². The van der Waals surface area contributed by atoms with Gasteiger partial charge < -0.3 is 10.2 Å². The molecule has 2 amide bonds. The van der Waals surface area contributed by atoms with Crippen LogP contribution in [0.4, 0.5) is 0 Å². The Labute approximate surface area is 110 Å². The first-order chi connectivity index (χ1) is 8.54. The normalized spacial score (nSPS) is 12.0. The molecule has 0 aromatic carbocycles. The monoisotopic (exact) mass is 257 g/mol. The Bertz CT molecular complexity index is 253. The third-order valence-corrected chi connectivity index (χ3v) is 2.81. The number of hydrogen-bond donors (Lipinski definition) is 2. The zero-order chi connectivity index (χ0) is 14.0. The third-order valence-electron chi connectivity index (χ3n) is 2.81. The van der Waals surface area contributed by atoms with Crippen LogP contribution in [-0.4, -0.2) is 48.9 Å². The molecule has 0 saturated heterocycles. The predicted molar refractivity (Wildman–Crippen MR) is 73.3 cm³/mol. The maximum atomic E-state index is 11.6. The number of hydrogen-bond acceptors (Lipinski definition) is 3. The number of amides is 2. The van der Waals surface area contributed by atoms with Crippen LogP contribution in [0.15, 0.2) is 0 Å². The summed E-state index contributed by atoms with van der Waals surface area (Å²) in [6, 6.07) is 0.197. The highest BCUT2D eigenvalue weighted by Crippen LogP contribution is 1.93. The summed E-state index contributed by atoms with van der Waals surface area (Å²) < 4.78 is 0. The topological polar surface area (TPSA) is 61.4 Å². The smallest absolute Gasteiger partial charge is 0.236 e. The van der Waals surface area contributed by atoms with E-state index in [4.69, 9.17) is 0 Å². The van der Waals surface area contributed by atoms with Gasteiger partial charge in [-0.25, -0.2) is 0 Å². The van der Waals surface area contributed by atoms with Gasteiger partial charge in [-0.15, -0.1) is 0 Å². The van der Waals surface area contributed by atoms with Crippen LogP contribution in [0.25, 0.3) is 0 Å². The molecule has 0 aromatic rings. The van der Waals surface area contributed by atoms with Crippen molar-refractivity contribution in [2.45, 2.75) is 46.6 Å². The van der Waals surface area contributed by atoms with Gasteiger partial charge in [0, 0.05) is 19.1 Å². The van der Waals surface area contributed by atoms with Gasteiger partial charge in [0.15, 0.2) is 0 Å². The van der Waals surface area contributed by atoms with Crippen molar-refractivity contribution >= 4 is 11.8 Å². The van der Waals surface area contributed by atoms with Crippen molar-refractivity contribution in [3.63, 3.8) is 0 Å². The van der Waals surface area contributed by atoms with Crippen molar-refractivity contribution in [2.75, 3.05) is 26.2 Å². The summed E-state index contributed by atoms with van der Waals surface area (Å²) in [4.78, 5) is 24.9. The van der Waals surface area contributed by atoms with Crippen LogP contribution in [0.2, 0.25) is 0 Å². The molecule has 0 aliphatic rings.